The van der Waals surface area contributed by atoms with Gasteiger partial charge < -0.3 is 9.73 Å². The summed E-state index contributed by atoms with van der Waals surface area (Å²) in [5.41, 5.74) is 1.12. The lowest BCUT2D eigenvalue weighted by atomic mass is 9.76. The Morgan fingerprint density at radius 1 is 1.41 bits per heavy atom. The van der Waals surface area contributed by atoms with Crippen LogP contribution < -0.4 is 5.32 Å². The minimum absolute atomic E-state index is 0.346. The molecule has 1 N–H and O–H groups in total. The summed E-state index contributed by atoms with van der Waals surface area (Å²) in [5, 5.41) is 3.95. The second-order valence-corrected chi connectivity index (χ2v) is 5.45. The van der Waals surface area contributed by atoms with Gasteiger partial charge in [-0.3, -0.25) is 0 Å². The van der Waals surface area contributed by atoms with E-state index in [4.69, 9.17) is 16.0 Å². The topological polar surface area (TPSA) is 25.2 Å². The van der Waals surface area contributed by atoms with Gasteiger partial charge in [0.1, 0.15) is 0 Å². The largest absolute Gasteiger partial charge is 0.453 e. The molecule has 1 aromatic heterocycles. The average Bonchev–Trinajstić information content (AvgIpc) is 2.78. The second-order valence-electron chi connectivity index (χ2n) is 5.11. The molecule has 0 spiro atoms. The molecule has 0 aromatic carbocycles. The van der Waals surface area contributed by atoms with E-state index in [1.54, 1.807) is 6.26 Å². The molecule has 1 aliphatic rings. The number of halogens is 1. The third-order valence-corrected chi connectivity index (χ3v) is 4.54. The summed E-state index contributed by atoms with van der Waals surface area (Å²) in [6, 6.07) is 2.34. The van der Waals surface area contributed by atoms with Crippen LogP contribution in [0, 0.1) is 11.8 Å². The highest BCUT2D eigenvalue weighted by Gasteiger charge is 2.29. The lowest BCUT2D eigenvalue weighted by Gasteiger charge is -2.33. The average molecular weight is 256 g/mol. The fourth-order valence-corrected chi connectivity index (χ4v) is 3.33. The van der Waals surface area contributed by atoms with E-state index in [1.165, 1.54) is 32.1 Å². The number of nitrogens with one attached hydrogen (secondary N) is 1. The SMILES string of the molecule is CCC1CCC(C(NC)c2ccoc2Cl)CC1. The highest BCUT2D eigenvalue weighted by Crippen LogP contribution is 2.39. The first-order chi connectivity index (χ1) is 8.26. The Morgan fingerprint density at radius 2 is 2.12 bits per heavy atom. The van der Waals surface area contributed by atoms with E-state index in [-0.39, 0.29) is 0 Å². The quantitative estimate of drug-likeness (QED) is 0.862. The van der Waals surface area contributed by atoms with Crippen molar-refractivity contribution in [3.05, 3.63) is 23.1 Å². The monoisotopic (exact) mass is 255 g/mol. The van der Waals surface area contributed by atoms with E-state index in [9.17, 15) is 0 Å². The lowest BCUT2D eigenvalue weighted by molar-refractivity contribution is 0.224. The van der Waals surface area contributed by atoms with Gasteiger partial charge in [-0.05, 0) is 49.4 Å². The van der Waals surface area contributed by atoms with E-state index in [2.05, 4.69) is 12.2 Å². The zero-order valence-electron chi connectivity index (χ0n) is 10.7. The van der Waals surface area contributed by atoms with Crippen LogP contribution in [0.1, 0.15) is 50.6 Å². The third kappa shape index (κ3) is 2.86. The molecule has 17 heavy (non-hydrogen) atoms. The standard InChI is InChI=1S/C14H22ClNO/c1-3-10-4-6-11(7-5-10)13(16-2)12-8-9-17-14(12)15/h8-11,13,16H,3-7H2,1-2H3. The highest BCUT2D eigenvalue weighted by atomic mass is 35.5. The van der Waals surface area contributed by atoms with Crippen molar-refractivity contribution in [3.63, 3.8) is 0 Å². The maximum absolute atomic E-state index is 6.08. The summed E-state index contributed by atoms with van der Waals surface area (Å²) in [5.74, 6) is 1.63. The predicted octanol–water partition coefficient (Wildman–Crippen LogP) is 4.41. The van der Waals surface area contributed by atoms with Gasteiger partial charge in [-0.1, -0.05) is 26.2 Å². The predicted molar refractivity (Wildman–Crippen MR) is 71.3 cm³/mol. The Kier molecular flexibility index (Phi) is 4.52. The van der Waals surface area contributed by atoms with E-state index < -0.39 is 0 Å². The molecule has 0 saturated heterocycles. The molecule has 2 rings (SSSR count). The molecular weight excluding hydrogens is 234 g/mol. The zero-order valence-corrected chi connectivity index (χ0v) is 11.5. The minimum atomic E-state index is 0.346. The molecule has 0 bridgehead atoms. The molecular formula is C14H22ClNO. The molecule has 96 valence electrons. The van der Waals surface area contributed by atoms with Crippen LogP contribution in [-0.2, 0) is 0 Å². The van der Waals surface area contributed by atoms with Gasteiger partial charge in [0.2, 0.25) is 0 Å². The maximum atomic E-state index is 6.08. The van der Waals surface area contributed by atoms with E-state index in [0.717, 1.165) is 11.5 Å². The van der Waals surface area contributed by atoms with Crippen LogP contribution in [0.2, 0.25) is 5.22 Å². The summed E-state index contributed by atoms with van der Waals surface area (Å²) in [4.78, 5) is 0. The number of furan rings is 1. The van der Waals surface area contributed by atoms with Gasteiger partial charge in [-0.15, -0.1) is 0 Å². The summed E-state index contributed by atoms with van der Waals surface area (Å²) >= 11 is 6.08. The van der Waals surface area contributed by atoms with E-state index in [1.807, 2.05) is 13.1 Å². The smallest absolute Gasteiger partial charge is 0.197 e. The van der Waals surface area contributed by atoms with Crippen molar-refractivity contribution in [1.29, 1.82) is 0 Å². The van der Waals surface area contributed by atoms with Crippen LogP contribution in [0.4, 0.5) is 0 Å². The summed E-state index contributed by atoms with van der Waals surface area (Å²) in [7, 11) is 2.01. The van der Waals surface area contributed by atoms with E-state index >= 15 is 0 Å². The van der Waals surface area contributed by atoms with Gasteiger partial charge in [-0.2, -0.15) is 0 Å². The normalized spacial score (nSPS) is 27.0. The van der Waals surface area contributed by atoms with Crippen molar-refractivity contribution in [3.8, 4) is 0 Å². The molecule has 0 amide bonds. The number of hydrogen-bond donors (Lipinski definition) is 1. The van der Waals surface area contributed by atoms with Crippen LogP contribution in [0.5, 0.6) is 0 Å². The van der Waals surface area contributed by atoms with Crippen LogP contribution in [0.25, 0.3) is 0 Å². The molecule has 1 heterocycles. The maximum Gasteiger partial charge on any atom is 0.197 e. The molecule has 1 aromatic rings. The molecule has 1 aliphatic carbocycles. The van der Waals surface area contributed by atoms with Crippen LogP contribution in [0.15, 0.2) is 16.7 Å². The minimum Gasteiger partial charge on any atom is -0.453 e. The summed E-state index contributed by atoms with van der Waals surface area (Å²) < 4.78 is 5.21. The van der Waals surface area contributed by atoms with Gasteiger partial charge in [0, 0.05) is 11.6 Å². The Bertz CT molecular complexity index is 342. The fraction of sp³-hybridized carbons (Fsp3) is 0.714. The Labute approximate surface area is 109 Å². The zero-order chi connectivity index (χ0) is 12.3. The highest BCUT2D eigenvalue weighted by molar-refractivity contribution is 6.29. The van der Waals surface area contributed by atoms with Crippen molar-refractivity contribution in [2.75, 3.05) is 7.05 Å². The van der Waals surface area contributed by atoms with E-state index in [0.29, 0.717) is 17.2 Å². The first-order valence-electron chi connectivity index (χ1n) is 6.66. The van der Waals surface area contributed by atoms with Gasteiger partial charge in [0.25, 0.3) is 0 Å². The number of rotatable bonds is 4. The van der Waals surface area contributed by atoms with Crippen LogP contribution in [0.3, 0.4) is 0 Å². The molecule has 1 unspecified atom stereocenters. The lowest BCUT2D eigenvalue weighted by Crippen LogP contribution is -2.28. The van der Waals surface area contributed by atoms with Crippen LogP contribution >= 0.6 is 11.6 Å². The Hall–Kier alpha value is -0.470. The first-order valence-corrected chi connectivity index (χ1v) is 7.04. The third-order valence-electron chi connectivity index (χ3n) is 4.23. The second kappa shape index (κ2) is 5.92. The van der Waals surface area contributed by atoms with Crippen molar-refractivity contribution >= 4 is 11.6 Å². The molecule has 0 radical (unpaired) electrons. The molecule has 1 fully saturated rings. The molecule has 1 atom stereocenters. The van der Waals surface area contributed by atoms with Crippen LogP contribution in [-0.4, -0.2) is 7.05 Å². The number of hydrogen-bond acceptors (Lipinski definition) is 2. The first kappa shape index (κ1) is 13.0. The Morgan fingerprint density at radius 3 is 2.59 bits per heavy atom. The Balaban J connectivity index is 2.03. The van der Waals surface area contributed by atoms with Gasteiger partial charge in [-0.25, -0.2) is 0 Å². The van der Waals surface area contributed by atoms with Gasteiger partial charge in [0.15, 0.2) is 5.22 Å². The fourth-order valence-electron chi connectivity index (χ4n) is 3.10. The van der Waals surface area contributed by atoms with Gasteiger partial charge >= 0.3 is 0 Å². The van der Waals surface area contributed by atoms with Crippen molar-refractivity contribution in [2.24, 2.45) is 11.8 Å². The molecule has 0 aliphatic heterocycles. The van der Waals surface area contributed by atoms with Crippen molar-refractivity contribution in [2.45, 2.75) is 45.1 Å². The summed E-state index contributed by atoms with van der Waals surface area (Å²) in [6.07, 6.45) is 8.31. The molecule has 3 heteroatoms. The summed E-state index contributed by atoms with van der Waals surface area (Å²) in [6.45, 7) is 2.30. The molecule has 2 nitrogen and oxygen atoms in total. The van der Waals surface area contributed by atoms with Crippen molar-refractivity contribution < 1.29 is 4.42 Å². The molecule has 1 saturated carbocycles. The van der Waals surface area contributed by atoms with Gasteiger partial charge in [0.05, 0.1) is 6.26 Å². The van der Waals surface area contributed by atoms with Crippen molar-refractivity contribution in [1.82, 2.24) is 5.32 Å².